The van der Waals surface area contributed by atoms with E-state index in [0.29, 0.717) is 27.1 Å². The molecule has 5 fully saturated rings. The van der Waals surface area contributed by atoms with Gasteiger partial charge >= 0.3 is 0 Å². The van der Waals surface area contributed by atoms with Crippen LogP contribution in [0.2, 0.25) is 0 Å². The molecule has 9 atom stereocenters. The maximum atomic E-state index is 4.93. The fourth-order valence-electron chi connectivity index (χ4n) is 11.1. The van der Waals surface area contributed by atoms with E-state index in [9.17, 15) is 0 Å². The Bertz CT molecular complexity index is 730. The summed E-state index contributed by atoms with van der Waals surface area (Å²) in [6.45, 7) is 25.0. The molecular weight excluding hydrogens is 360 g/mol. The van der Waals surface area contributed by atoms with Gasteiger partial charge in [-0.05, 0) is 141 Å². The third kappa shape index (κ3) is 2.52. The Morgan fingerprint density at radius 3 is 2.23 bits per heavy atom. The van der Waals surface area contributed by atoms with Crippen LogP contribution in [0.4, 0.5) is 0 Å². The third-order valence-corrected chi connectivity index (χ3v) is 12.8. The summed E-state index contributed by atoms with van der Waals surface area (Å²) in [7, 11) is 0. The van der Waals surface area contributed by atoms with Crippen LogP contribution >= 0.6 is 0 Å². The molecule has 0 aromatic heterocycles. The Labute approximate surface area is 188 Å². The van der Waals surface area contributed by atoms with E-state index in [1.165, 1.54) is 69.8 Å². The SMILES string of the molecule is [CH2][C@]12CC[C@@H](C(=C)C)[C@@H]1[C@H]1CC[C@@H]3[C@@]4(C)CC[CH]C(C)(C)[C@@H]4CC[C@@]3(C)[C@]1(C)CC2. The topological polar surface area (TPSA) is 0 Å². The lowest BCUT2D eigenvalue weighted by Gasteiger charge is -2.72. The summed E-state index contributed by atoms with van der Waals surface area (Å²) in [6.07, 6.45) is 16.7. The van der Waals surface area contributed by atoms with Crippen LogP contribution < -0.4 is 0 Å². The molecule has 5 saturated carbocycles. The predicted molar refractivity (Wildman–Crippen MR) is 129 cm³/mol. The zero-order valence-electron chi connectivity index (χ0n) is 20.9. The first-order chi connectivity index (χ1) is 13.9. The van der Waals surface area contributed by atoms with Crippen molar-refractivity contribution in [3.8, 4) is 0 Å². The van der Waals surface area contributed by atoms with Gasteiger partial charge in [0.1, 0.15) is 0 Å². The molecule has 0 bridgehead atoms. The molecule has 168 valence electrons. The van der Waals surface area contributed by atoms with Crippen molar-refractivity contribution in [2.24, 2.45) is 56.7 Å². The summed E-state index contributed by atoms with van der Waals surface area (Å²) in [4.78, 5) is 0. The van der Waals surface area contributed by atoms with Crippen LogP contribution in [0, 0.1) is 70.0 Å². The molecule has 0 spiro atoms. The maximum absolute atomic E-state index is 4.93. The predicted octanol–water partition coefficient (Wildman–Crippen LogP) is 8.68. The van der Waals surface area contributed by atoms with Gasteiger partial charge in [0.25, 0.3) is 0 Å². The van der Waals surface area contributed by atoms with Gasteiger partial charge in [0, 0.05) is 0 Å². The molecule has 30 heavy (non-hydrogen) atoms. The van der Waals surface area contributed by atoms with Gasteiger partial charge in [-0.1, -0.05) is 46.8 Å². The summed E-state index contributed by atoms with van der Waals surface area (Å²) in [5.74, 6) is 4.15. The van der Waals surface area contributed by atoms with Crippen molar-refractivity contribution in [2.45, 2.75) is 106 Å². The van der Waals surface area contributed by atoms with Crippen molar-refractivity contribution in [1.82, 2.24) is 0 Å². The van der Waals surface area contributed by atoms with Crippen LogP contribution in [0.25, 0.3) is 0 Å². The molecule has 0 amide bonds. The Morgan fingerprint density at radius 2 is 1.53 bits per heavy atom. The second-order valence-corrected chi connectivity index (χ2v) is 14.1. The second-order valence-electron chi connectivity index (χ2n) is 14.1. The van der Waals surface area contributed by atoms with E-state index in [0.717, 1.165) is 29.6 Å². The number of rotatable bonds is 1. The molecule has 5 aliphatic carbocycles. The Hall–Kier alpha value is -0.260. The Kier molecular flexibility index (Phi) is 4.61. The van der Waals surface area contributed by atoms with Crippen LogP contribution in [-0.2, 0) is 0 Å². The molecule has 0 aromatic carbocycles. The first-order valence-corrected chi connectivity index (χ1v) is 13.2. The smallest absolute Gasteiger partial charge is 0.0172 e. The molecule has 0 aromatic rings. The number of hydrogen-bond acceptors (Lipinski definition) is 0. The summed E-state index contributed by atoms with van der Waals surface area (Å²) < 4.78 is 0. The van der Waals surface area contributed by atoms with E-state index in [2.05, 4.69) is 54.5 Å². The quantitative estimate of drug-likeness (QED) is 0.381. The van der Waals surface area contributed by atoms with Gasteiger partial charge in [0.15, 0.2) is 0 Å². The highest BCUT2D eigenvalue weighted by Crippen LogP contribution is 2.77. The molecule has 0 aliphatic heterocycles. The van der Waals surface area contributed by atoms with Gasteiger partial charge in [-0.2, -0.15) is 0 Å². The van der Waals surface area contributed by atoms with Crippen molar-refractivity contribution in [3.05, 3.63) is 25.5 Å². The summed E-state index contributed by atoms with van der Waals surface area (Å²) in [6, 6.07) is 0. The van der Waals surface area contributed by atoms with Gasteiger partial charge in [-0.3, -0.25) is 0 Å². The van der Waals surface area contributed by atoms with Crippen LogP contribution in [0.1, 0.15) is 106 Å². The van der Waals surface area contributed by atoms with Gasteiger partial charge < -0.3 is 0 Å². The molecule has 2 radical (unpaired) electrons. The van der Waals surface area contributed by atoms with Crippen LogP contribution in [0.3, 0.4) is 0 Å². The van der Waals surface area contributed by atoms with E-state index < -0.39 is 0 Å². The molecule has 0 unspecified atom stereocenters. The van der Waals surface area contributed by atoms with E-state index in [4.69, 9.17) is 6.92 Å². The normalized spacial score (nSPS) is 57.0. The van der Waals surface area contributed by atoms with Crippen molar-refractivity contribution in [1.29, 1.82) is 0 Å². The molecule has 5 aliphatic rings. The summed E-state index contributed by atoms with van der Waals surface area (Å²) >= 11 is 0. The van der Waals surface area contributed by atoms with Crippen LogP contribution in [0.5, 0.6) is 0 Å². The van der Waals surface area contributed by atoms with Crippen molar-refractivity contribution < 1.29 is 0 Å². The monoisotopic (exact) mass is 408 g/mol. The van der Waals surface area contributed by atoms with Crippen LogP contribution in [-0.4, -0.2) is 0 Å². The molecule has 0 nitrogen and oxygen atoms in total. The molecule has 0 heteroatoms. The fraction of sp³-hybridized carbons (Fsp3) is 0.867. The summed E-state index contributed by atoms with van der Waals surface area (Å²) in [5, 5.41) is 0. The average Bonchev–Trinajstić information content (AvgIpc) is 2.99. The van der Waals surface area contributed by atoms with E-state index in [-0.39, 0.29) is 0 Å². The largest absolute Gasteiger partial charge is 0.0998 e. The molecule has 0 saturated heterocycles. The lowest BCUT2D eigenvalue weighted by atomic mass is 9.32. The van der Waals surface area contributed by atoms with Crippen molar-refractivity contribution >= 4 is 0 Å². The zero-order chi connectivity index (χ0) is 21.7. The lowest BCUT2D eigenvalue weighted by molar-refractivity contribution is -0.228. The lowest BCUT2D eigenvalue weighted by Crippen LogP contribution is -2.65. The Balaban J connectivity index is 1.55. The van der Waals surface area contributed by atoms with Gasteiger partial charge in [-0.15, -0.1) is 0 Å². The minimum absolute atomic E-state index is 0.333. The number of fused-ring (bicyclic) bond motifs is 7. The van der Waals surface area contributed by atoms with Crippen LogP contribution in [0.15, 0.2) is 12.2 Å². The minimum Gasteiger partial charge on any atom is -0.0998 e. The van der Waals surface area contributed by atoms with E-state index in [1.807, 2.05) is 0 Å². The number of hydrogen-bond donors (Lipinski definition) is 0. The standard InChI is InChI=1S/C30H48/c1-20(2)21-12-16-27(5)18-19-29(7)22(25(21)27)10-11-24-28(6)15-9-14-26(3,4)23(28)13-17-30(24,29)8/h14,21-25H,1,5,9-13,15-19H2,2-4,6-8H3/t21-,22+,23-,24+,25+,27+,28-,29+,30+/m0/s1. The highest BCUT2D eigenvalue weighted by Gasteiger charge is 2.69. The molecule has 5 rings (SSSR count). The number of allylic oxidation sites excluding steroid dienone is 1. The maximum Gasteiger partial charge on any atom is -0.0172 e. The minimum atomic E-state index is 0.333. The highest BCUT2D eigenvalue weighted by atomic mass is 14.7. The second kappa shape index (κ2) is 6.41. The van der Waals surface area contributed by atoms with E-state index in [1.54, 1.807) is 0 Å². The van der Waals surface area contributed by atoms with Gasteiger partial charge in [0.2, 0.25) is 0 Å². The average molecular weight is 409 g/mol. The molecular formula is C30H48. The van der Waals surface area contributed by atoms with E-state index >= 15 is 0 Å². The molecule has 0 N–H and O–H groups in total. The van der Waals surface area contributed by atoms with Gasteiger partial charge in [0.05, 0.1) is 0 Å². The first-order valence-electron chi connectivity index (χ1n) is 13.2. The highest BCUT2D eigenvalue weighted by molar-refractivity contribution is 5.22. The zero-order valence-corrected chi connectivity index (χ0v) is 20.9. The van der Waals surface area contributed by atoms with Crippen molar-refractivity contribution in [2.75, 3.05) is 0 Å². The Morgan fingerprint density at radius 1 is 0.800 bits per heavy atom. The van der Waals surface area contributed by atoms with Crippen molar-refractivity contribution in [3.63, 3.8) is 0 Å². The summed E-state index contributed by atoms with van der Waals surface area (Å²) in [5.41, 5.74) is 3.71. The fourth-order valence-corrected chi connectivity index (χ4v) is 11.1. The first kappa shape index (κ1) is 21.6. The molecule has 0 heterocycles. The van der Waals surface area contributed by atoms with Gasteiger partial charge in [-0.25, -0.2) is 0 Å². The third-order valence-electron chi connectivity index (χ3n) is 12.8.